The van der Waals surface area contributed by atoms with Crippen LogP contribution in [0.1, 0.15) is 48.5 Å². The first kappa shape index (κ1) is 23.9. The highest BCUT2D eigenvalue weighted by atomic mass is 16.5. The average molecular weight is 448 g/mol. The summed E-state index contributed by atoms with van der Waals surface area (Å²) in [6.07, 6.45) is 6.09. The standard InChI is InChI=1S/C27H29NO5/c1-3-4-5-8-17-32-22-14-11-20(12-15-22)27(30)33-23-16-13-21(25(29)18-23)19-28-24-9-6-7-10-26(24)31-2/h6-7,9-16,18-19,29H,3-5,8,17H2,1-2H3. The van der Waals surface area contributed by atoms with Crippen LogP contribution in [0.25, 0.3) is 0 Å². The molecule has 0 radical (unpaired) electrons. The van der Waals surface area contributed by atoms with Gasteiger partial charge in [-0.05, 0) is 55.0 Å². The molecule has 6 heteroatoms. The predicted octanol–water partition coefficient (Wildman–Crippen LogP) is 6.33. The summed E-state index contributed by atoms with van der Waals surface area (Å²) in [4.78, 5) is 16.8. The SMILES string of the molecule is CCCCCCOc1ccc(C(=O)Oc2ccc(C=Nc3ccccc3OC)c(O)c2)cc1. The number of para-hydroxylation sites is 2. The molecule has 0 aliphatic rings. The molecule has 0 saturated carbocycles. The van der Waals surface area contributed by atoms with Crippen LogP contribution in [0, 0.1) is 0 Å². The number of phenolic OH excluding ortho intramolecular Hbond substituents is 1. The molecule has 0 heterocycles. The fraction of sp³-hybridized carbons (Fsp3) is 0.259. The van der Waals surface area contributed by atoms with Gasteiger partial charge in [-0.2, -0.15) is 0 Å². The number of rotatable bonds is 11. The molecule has 3 rings (SSSR count). The van der Waals surface area contributed by atoms with Crippen molar-refractivity contribution in [2.45, 2.75) is 32.6 Å². The van der Waals surface area contributed by atoms with E-state index in [1.54, 1.807) is 49.6 Å². The van der Waals surface area contributed by atoms with Crippen molar-refractivity contribution in [1.29, 1.82) is 0 Å². The summed E-state index contributed by atoms with van der Waals surface area (Å²) in [5.74, 6) is 1.03. The van der Waals surface area contributed by atoms with Gasteiger partial charge in [-0.15, -0.1) is 0 Å². The minimum atomic E-state index is -0.515. The number of nitrogens with zero attached hydrogens (tertiary/aromatic N) is 1. The number of carbonyl (C=O) groups is 1. The zero-order chi connectivity index (χ0) is 23.5. The summed E-state index contributed by atoms with van der Waals surface area (Å²) in [6.45, 7) is 2.84. The van der Waals surface area contributed by atoms with E-state index in [4.69, 9.17) is 14.2 Å². The second-order valence-corrected chi connectivity index (χ2v) is 7.47. The zero-order valence-electron chi connectivity index (χ0n) is 19.0. The van der Waals surface area contributed by atoms with Gasteiger partial charge in [0.05, 0.1) is 19.3 Å². The minimum Gasteiger partial charge on any atom is -0.507 e. The third-order valence-corrected chi connectivity index (χ3v) is 5.00. The molecule has 6 nitrogen and oxygen atoms in total. The van der Waals surface area contributed by atoms with Gasteiger partial charge in [-0.3, -0.25) is 4.99 Å². The first-order valence-corrected chi connectivity index (χ1v) is 11.1. The van der Waals surface area contributed by atoms with Crippen molar-refractivity contribution in [1.82, 2.24) is 0 Å². The summed E-state index contributed by atoms with van der Waals surface area (Å²) in [7, 11) is 1.57. The Morgan fingerprint density at radius 1 is 0.970 bits per heavy atom. The monoisotopic (exact) mass is 447 g/mol. The van der Waals surface area contributed by atoms with Crippen LogP contribution in [0.2, 0.25) is 0 Å². The van der Waals surface area contributed by atoms with Crippen molar-refractivity contribution in [3.8, 4) is 23.0 Å². The summed E-state index contributed by atoms with van der Waals surface area (Å²) < 4.78 is 16.4. The van der Waals surface area contributed by atoms with Crippen LogP contribution >= 0.6 is 0 Å². The fourth-order valence-corrected chi connectivity index (χ4v) is 3.14. The lowest BCUT2D eigenvalue weighted by atomic mass is 10.2. The number of ether oxygens (including phenoxy) is 3. The second-order valence-electron chi connectivity index (χ2n) is 7.47. The van der Waals surface area contributed by atoms with E-state index in [1.807, 2.05) is 18.2 Å². The molecule has 1 N–H and O–H groups in total. The normalized spacial score (nSPS) is 10.8. The van der Waals surface area contributed by atoms with Gasteiger partial charge in [0, 0.05) is 17.8 Å². The van der Waals surface area contributed by atoms with Crippen molar-refractivity contribution in [2.75, 3.05) is 13.7 Å². The molecule has 0 bridgehead atoms. The minimum absolute atomic E-state index is 0.0502. The third kappa shape index (κ3) is 7.10. The van der Waals surface area contributed by atoms with E-state index in [0.29, 0.717) is 29.2 Å². The molecule has 0 spiro atoms. The van der Waals surface area contributed by atoms with Crippen molar-refractivity contribution >= 4 is 17.9 Å². The highest BCUT2D eigenvalue weighted by Gasteiger charge is 2.11. The highest BCUT2D eigenvalue weighted by Crippen LogP contribution is 2.28. The van der Waals surface area contributed by atoms with Gasteiger partial charge in [0.1, 0.15) is 28.7 Å². The van der Waals surface area contributed by atoms with Gasteiger partial charge in [0.2, 0.25) is 0 Å². The molecule has 172 valence electrons. The molecule has 0 atom stereocenters. The van der Waals surface area contributed by atoms with E-state index in [2.05, 4.69) is 11.9 Å². The number of benzene rings is 3. The molecular weight excluding hydrogens is 418 g/mol. The van der Waals surface area contributed by atoms with Gasteiger partial charge < -0.3 is 19.3 Å². The predicted molar refractivity (Wildman–Crippen MR) is 129 cm³/mol. The Morgan fingerprint density at radius 3 is 2.45 bits per heavy atom. The van der Waals surface area contributed by atoms with Crippen molar-refractivity contribution in [3.63, 3.8) is 0 Å². The zero-order valence-corrected chi connectivity index (χ0v) is 19.0. The number of hydrogen-bond donors (Lipinski definition) is 1. The number of methoxy groups -OCH3 is 1. The van der Waals surface area contributed by atoms with Crippen molar-refractivity contribution in [3.05, 3.63) is 77.9 Å². The van der Waals surface area contributed by atoms with Crippen LogP contribution in [0.4, 0.5) is 5.69 Å². The molecule has 3 aromatic rings. The van der Waals surface area contributed by atoms with E-state index < -0.39 is 5.97 Å². The van der Waals surface area contributed by atoms with Crippen LogP contribution in [-0.4, -0.2) is 31.0 Å². The molecule has 0 amide bonds. The number of aromatic hydroxyl groups is 1. The second kappa shape index (κ2) is 12.3. The largest absolute Gasteiger partial charge is 0.507 e. The molecule has 33 heavy (non-hydrogen) atoms. The van der Waals surface area contributed by atoms with E-state index in [0.717, 1.165) is 18.6 Å². The average Bonchev–Trinajstić information content (AvgIpc) is 2.84. The Kier molecular flexibility index (Phi) is 8.88. The van der Waals surface area contributed by atoms with Crippen LogP contribution in [0.5, 0.6) is 23.0 Å². The van der Waals surface area contributed by atoms with Gasteiger partial charge in [0.25, 0.3) is 0 Å². The van der Waals surface area contributed by atoms with Crippen LogP contribution in [0.3, 0.4) is 0 Å². The lowest BCUT2D eigenvalue weighted by molar-refractivity contribution is 0.0734. The third-order valence-electron chi connectivity index (χ3n) is 5.00. The molecule has 0 aliphatic carbocycles. The van der Waals surface area contributed by atoms with E-state index in [9.17, 15) is 9.90 Å². The summed E-state index contributed by atoms with van der Waals surface area (Å²) in [5, 5.41) is 10.3. The number of esters is 1. The maximum absolute atomic E-state index is 12.5. The number of hydrogen-bond acceptors (Lipinski definition) is 6. The lowest BCUT2D eigenvalue weighted by Gasteiger charge is -2.08. The first-order chi connectivity index (χ1) is 16.1. The number of unbranched alkanes of at least 4 members (excludes halogenated alkanes) is 3. The van der Waals surface area contributed by atoms with Gasteiger partial charge >= 0.3 is 5.97 Å². The molecule has 0 saturated heterocycles. The number of phenols is 1. The number of aliphatic imine (C=N–C) groups is 1. The molecule has 0 fully saturated rings. The Labute approximate surface area is 194 Å². The van der Waals surface area contributed by atoms with Crippen LogP contribution < -0.4 is 14.2 Å². The molecule has 0 aromatic heterocycles. The molecule has 0 aliphatic heterocycles. The van der Waals surface area contributed by atoms with Crippen molar-refractivity contribution < 1.29 is 24.1 Å². The Hall–Kier alpha value is -3.80. The maximum Gasteiger partial charge on any atom is 0.343 e. The highest BCUT2D eigenvalue weighted by molar-refractivity contribution is 5.91. The quantitative estimate of drug-likeness (QED) is 0.161. The van der Waals surface area contributed by atoms with Crippen LogP contribution in [0.15, 0.2) is 71.7 Å². The molecular formula is C27H29NO5. The summed E-state index contributed by atoms with van der Waals surface area (Å²) >= 11 is 0. The van der Waals surface area contributed by atoms with E-state index >= 15 is 0 Å². The van der Waals surface area contributed by atoms with E-state index in [-0.39, 0.29) is 11.5 Å². The molecule has 3 aromatic carbocycles. The van der Waals surface area contributed by atoms with Crippen molar-refractivity contribution in [2.24, 2.45) is 4.99 Å². The maximum atomic E-state index is 12.5. The summed E-state index contributed by atoms with van der Waals surface area (Å²) in [5.41, 5.74) is 1.53. The first-order valence-electron chi connectivity index (χ1n) is 11.1. The van der Waals surface area contributed by atoms with Gasteiger partial charge in [0.15, 0.2) is 0 Å². The Bertz CT molecular complexity index is 1080. The smallest absolute Gasteiger partial charge is 0.343 e. The Balaban J connectivity index is 1.58. The Morgan fingerprint density at radius 2 is 1.73 bits per heavy atom. The fourth-order valence-electron chi connectivity index (χ4n) is 3.14. The topological polar surface area (TPSA) is 77.4 Å². The molecule has 0 unspecified atom stereocenters. The lowest BCUT2D eigenvalue weighted by Crippen LogP contribution is -2.08. The number of carbonyl (C=O) groups excluding carboxylic acids is 1. The summed E-state index contributed by atoms with van der Waals surface area (Å²) in [6, 6.07) is 18.8. The van der Waals surface area contributed by atoms with E-state index in [1.165, 1.54) is 25.1 Å². The van der Waals surface area contributed by atoms with Gasteiger partial charge in [-0.25, -0.2) is 4.79 Å². The van der Waals surface area contributed by atoms with Crippen LogP contribution in [-0.2, 0) is 0 Å². The van der Waals surface area contributed by atoms with Gasteiger partial charge in [-0.1, -0.05) is 38.3 Å².